The van der Waals surface area contributed by atoms with Gasteiger partial charge in [0.1, 0.15) is 5.75 Å². The Morgan fingerprint density at radius 1 is 1.43 bits per heavy atom. The second-order valence-corrected chi connectivity index (χ2v) is 4.63. The van der Waals surface area contributed by atoms with Gasteiger partial charge in [-0.05, 0) is 18.1 Å². The molecule has 112 valence electrons. The molecule has 0 aliphatic carbocycles. The number of nitrogens with zero attached hydrogens (tertiary/aromatic N) is 4. The van der Waals surface area contributed by atoms with Gasteiger partial charge in [-0.1, -0.05) is 18.6 Å². The van der Waals surface area contributed by atoms with E-state index in [2.05, 4.69) is 10.3 Å². The van der Waals surface area contributed by atoms with Gasteiger partial charge in [-0.25, -0.2) is 4.68 Å². The van der Waals surface area contributed by atoms with Crippen molar-refractivity contribution >= 4 is 11.5 Å². The number of nitro benzene ring substituents is 1. The number of nitrogen functional groups attached to an aromatic ring is 1. The van der Waals surface area contributed by atoms with Crippen LogP contribution in [0.5, 0.6) is 5.75 Å². The smallest absolute Gasteiger partial charge is 0.273 e. The molecule has 1 aromatic carbocycles. The molecule has 8 nitrogen and oxygen atoms in total. The van der Waals surface area contributed by atoms with Gasteiger partial charge in [-0.3, -0.25) is 10.1 Å². The molecule has 21 heavy (non-hydrogen) atoms. The van der Waals surface area contributed by atoms with E-state index in [-0.39, 0.29) is 5.69 Å². The van der Waals surface area contributed by atoms with E-state index < -0.39 is 4.92 Å². The Labute approximate surface area is 121 Å². The Bertz CT molecular complexity index is 653. The van der Waals surface area contributed by atoms with Crippen LogP contribution in [0.2, 0.25) is 0 Å². The lowest BCUT2D eigenvalue weighted by Crippen LogP contribution is -2.08. The van der Waals surface area contributed by atoms with Crippen LogP contribution in [0.15, 0.2) is 18.2 Å². The molecule has 0 bridgehead atoms. The van der Waals surface area contributed by atoms with Gasteiger partial charge in [0, 0.05) is 6.07 Å². The zero-order chi connectivity index (χ0) is 15.4. The van der Waals surface area contributed by atoms with Gasteiger partial charge in [-0.2, -0.15) is 0 Å². The van der Waals surface area contributed by atoms with Crippen LogP contribution < -0.4 is 10.5 Å². The van der Waals surface area contributed by atoms with Crippen molar-refractivity contribution in [2.24, 2.45) is 0 Å². The lowest BCUT2D eigenvalue weighted by atomic mass is 10.1. The van der Waals surface area contributed by atoms with Gasteiger partial charge in [-0.15, -0.1) is 5.10 Å². The molecule has 0 atom stereocenters. The molecule has 8 heteroatoms. The van der Waals surface area contributed by atoms with E-state index in [9.17, 15) is 10.1 Å². The third kappa shape index (κ3) is 3.28. The summed E-state index contributed by atoms with van der Waals surface area (Å²) in [4.78, 5) is 10.5. The number of benzene rings is 1. The fraction of sp³-hybridized carbons (Fsp3) is 0.385. The first kappa shape index (κ1) is 14.8. The van der Waals surface area contributed by atoms with Crippen molar-refractivity contribution in [1.29, 1.82) is 0 Å². The van der Waals surface area contributed by atoms with E-state index in [4.69, 9.17) is 10.5 Å². The molecular formula is C13H17N5O3. The Morgan fingerprint density at radius 3 is 2.81 bits per heavy atom. The number of non-ortho nitro benzene ring substituents is 1. The summed E-state index contributed by atoms with van der Waals surface area (Å²) in [5, 5.41) is 18.8. The zero-order valence-corrected chi connectivity index (χ0v) is 11.9. The Balaban J connectivity index is 2.35. The van der Waals surface area contributed by atoms with Gasteiger partial charge in [0.15, 0.2) is 5.82 Å². The van der Waals surface area contributed by atoms with Crippen LogP contribution in [-0.2, 0) is 13.0 Å². The molecule has 2 aromatic rings. The minimum atomic E-state index is -0.450. The Kier molecular flexibility index (Phi) is 4.36. The third-order valence-corrected chi connectivity index (χ3v) is 3.08. The van der Waals surface area contributed by atoms with E-state index >= 15 is 0 Å². The lowest BCUT2D eigenvalue weighted by Gasteiger charge is -2.08. The summed E-state index contributed by atoms with van der Waals surface area (Å²) < 4.78 is 6.76. The molecule has 2 N–H and O–H groups in total. The number of hydrogen-bond donors (Lipinski definition) is 1. The highest BCUT2D eigenvalue weighted by molar-refractivity contribution is 5.43. The summed E-state index contributed by atoms with van der Waals surface area (Å²) in [6.45, 7) is 2.39. The zero-order valence-electron chi connectivity index (χ0n) is 11.9. The Morgan fingerprint density at radius 2 is 2.19 bits per heavy atom. The second kappa shape index (κ2) is 6.21. The van der Waals surface area contributed by atoms with Crippen molar-refractivity contribution in [2.75, 3.05) is 12.8 Å². The van der Waals surface area contributed by atoms with Crippen molar-refractivity contribution in [3.8, 4) is 5.75 Å². The number of methoxy groups -OCH3 is 1. The molecular weight excluding hydrogens is 274 g/mol. The van der Waals surface area contributed by atoms with Gasteiger partial charge >= 0.3 is 0 Å². The van der Waals surface area contributed by atoms with E-state index in [0.29, 0.717) is 23.7 Å². The summed E-state index contributed by atoms with van der Waals surface area (Å²) >= 11 is 0. The first-order valence-corrected chi connectivity index (χ1v) is 6.55. The molecule has 0 aliphatic heterocycles. The molecule has 2 rings (SSSR count). The van der Waals surface area contributed by atoms with Crippen LogP contribution in [-0.4, -0.2) is 27.0 Å². The molecule has 0 saturated heterocycles. The fourth-order valence-electron chi connectivity index (χ4n) is 2.10. The van der Waals surface area contributed by atoms with Crippen molar-refractivity contribution < 1.29 is 9.66 Å². The maximum absolute atomic E-state index is 10.9. The summed E-state index contributed by atoms with van der Waals surface area (Å²) in [5.74, 6) is 0.832. The predicted molar refractivity (Wildman–Crippen MR) is 77.2 cm³/mol. The summed E-state index contributed by atoms with van der Waals surface area (Å²) in [5.41, 5.74) is 7.32. The first-order chi connectivity index (χ1) is 10.0. The molecule has 0 amide bonds. The quantitative estimate of drug-likeness (QED) is 0.641. The molecule has 0 unspecified atom stereocenters. The largest absolute Gasteiger partial charge is 0.496 e. The average molecular weight is 291 g/mol. The standard InChI is InChI=1S/C13H17N5O3/c1-3-4-12-13(14)15-16-17(12)8-9-5-10(18(19)20)7-11(6-9)21-2/h5-7H,3-4,8,14H2,1-2H3. The highest BCUT2D eigenvalue weighted by atomic mass is 16.6. The number of ether oxygens (including phenoxy) is 1. The summed E-state index contributed by atoms with van der Waals surface area (Å²) in [7, 11) is 1.47. The summed E-state index contributed by atoms with van der Waals surface area (Å²) in [6, 6.07) is 4.61. The highest BCUT2D eigenvalue weighted by Crippen LogP contribution is 2.23. The molecule has 0 aliphatic rings. The van der Waals surface area contributed by atoms with Crippen LogP contribution in [0.1, 0.15) is 24.6 Å². The van der Waals surface area contributed by atoms with Gasteiger partial charge in [0.2, 0.25) is 0 Å². The number of nitrogens with two attached hydrogens (primary N) is 1. The van der Waals surface area contributed by atoms with Crippen molar-refractivity contribution in [3.05, 3.63) is 39.6 Å². The van der Waals surface area contributed by atoms with Crippen molar-refractivity contribution in [3.63, 3.8) is 0 Å². The number of hydrogen-bond acceptors (Lipinski definition) is 6. The van der Waals surface area contributed by atoms with Crippen molar-refractivity contribution in [1.82, 2.24) is 15.0 Å². The monoisotopic (exact) mass is 291 g/mol. The molecule has 0 radical (unpaired) electrons. The average Bonchev–Trinajstić information content (AvgIpc) is 2.80. The van der Waals surface area contributed by atoms with E-state index in [1.54, 1.807) is 10.7 Å². The Hall–Kier alpha value is -2.64. The topological polar surface area (TPSA) is 109 Å². The van der Waals surface area contributed by atoms with Crippen LogP contribution in [0.25, 0.3) is 0 Å². The summed E-state index contributed by atoms with van der Waals surface area (Å²) in [6.07, 6.45) is 1.67. The first-order valence-electron chi connectivity index (χ1n) is 6.55. The predicted octanol–water partition coefficient (Wildman–Crippen LogP) is 1.78. The number of nitro groups is 1. The van der Waals surface area contributed by atoms with E-state index in [1.165, 1.54) is 19.2 Å². The minimum Gasteiger partial charge on any atom is -0.496 e. The highest BCUT2D eigenvalue weighted by Gasteiger charge is 2.14. The maximum atomic E-state index is 10.9. The minimum absolute atomic E-state index is 0.0190. The van der Waals surface area contributed by atoms with Gasteiger partial charge in [0.25, 0.3) is 5.69 Å². The molecule has 1 heterocycles. The SMILES string of the molecule is CCCc1c(N)nnn1Cc1cc(OC)cc([N+](=O)[O-])c1. The van der Waals surface area contributed by atoms with E-state index in [0.717, 1.165) is 18.5 Å². The number of rotatable bonds is 6. The van der Waals surface area contributed by atoms with Crippen molar-refractivity contribution in [2.45, 2.75) is 26.3 Å². The maximum Gasteiger partial charge on any atom is 0.273 e. The second-order valence-electron chi connectivity index (χ2n) is 4.63. The van der Waals surface area contributed by atoms with Crippen LogP contribution in [0.3, 0.4) is 0 Å². The van der Waals surface area contributed by atoms with Crippen LogP contribution in [0.4, 0.5) is 11.5 Å². The van der Waals surface area contributed by atoms with Gasteiger partial charge < -0.3 is 10.5 Å². The number of aromatic nitrogens is 3. The third-order valence-electron chi connectivity index (χ3n) is 3.08. The molecule has 0 saturated carbocycles. The molecule has 1 aromatic heterocycles. The number of anilines is 1. The van der Waals surface area contributed by atoms with E-state index in [1.807, 2.05) is 6.92 Å². The molecule has 0 spiro atoms. The van der Waals surface area contributed by atoms with Gasteiger partial charge in [0.05, 0.1) is 30.3 Å². The fourth-order valence-corrected chi connectivity index (χ4v) is 2.10. The van der Waals surface area contributed by atoms with Crippen LogP contribution in [0, 0.1) is 10.1 Å². The normalized spacial score (nSPS) is 10.6. The lowest BCUT2D eigenvalue weighted by molar-refractivity contribution is -0.385. The molecule has 0 fully saturated rings. The van der Waals surface area contributed by atoms with Crippen LogP contribution >= 0.6 is 0 Å².